The van der Waals surface area contributed by atoms with Gasteiger partial charge >= 0.3 is 0 Å². The Hall–Kier alpha value is -3.72. The highest BCUT2D eigenvalue weighted by atomic mass is 32.2. The summed E-state index contributed by atoms with van der Waals surface area (Å²) in [5.41, 5.74) is -0.225. The average molecular weight is 412 g/mol. The number of non-ortho nitro benzene ring substituents is 1. The number of nitro benzene ring substituents is 1. The number of ether oxygens (including phenoxy) is 1. The predicted molar refractivity (Wildman–Crippen MR) is 107 cm³/mol. The molecule has 3 aromatic rings. The van der Waals surface area contributed by atoms with Crippen LogP contribution in [0.25, 0.3) is 0 Å². The number of hydrogen-bond acceptors (Lipinski definition) is 6. The van der Waals surface area contributed by atoms with Gasteiger partial charge in [0.05, 0.1) is 28.2 Å². The highest BCUT2D eigenvalue weighted by molar-refractivity contribution is 7.92. The maximum absolute atomic E-state index is 12.9. The van der Waals surface area contributed by atoms with Gasteiger partial charge in [0.25, 0.3) is 15.7 Å². The molecule has 0 bridgehead atoms. The van der Waals surface area contributed by atoms with Gasteiger partial charge in [0.2, 0.25) is 0 Å². The van der Waals surface area contributed by atoms with Crippen molar-refractivity contribution in [2.45, 2.75) is 4.90 Å². The first-order chi connectivity index (χ1) is 13.8. The van der Waals surface area contributed by atoms with Crippen LogP contribution < -0.4 is 9.46 Å². The smallest absolute Gasteiger partial charge is 0.270 e. The first kappa shape index (κ1) is 20.0. The van der Waals surface area contributed by atoms with Crippen LogP contribution in [0.1, 0.15) is 15.9 Å². The van der Waals surface area contributed by atoms with E-state index in [1.54, 1.807) is 30.3 Å². The van der Waals surface area contributed by atoms with Gasteiger partial charge in [0.1, 0.15) is 5.75 Å². The van der Waals surface area contributed by atoms with Crippen LogP contribution in [-0.2, 0) is 10.0 Å². The minimum atomic E-state index is -4.04. The van der Waals surface area contributed by atoms with Crippen LogP contribution in [0.3, 0.4) is 0 Å². The Labute approximate surface area is 167 Å². The van der Waals surface area contributed by atoms with E-state index >= 15 is 0 Å². The number of rotatable bonds is 7. The lowest BCUT2D eigenvalue weighted by molar-refractivity contribution is -0.384. The molecule has 0 radical (unpaired) electrons. The first-order valence-corrected chi connectivity index (χ1v) is 9.85. The molecule has 1 N–H and O–H groups in total. The van der Waals surface area contributed by atoms with Crippen LogP contribution in [0.15, 0.2) is 77.7 Å². The number of anilines is 1. The number of sulfonamides is 1. The monoisotopic (exact) mass is 412 g/mol. The van der Waals surface area contributed by atoms with Crippen molar-refractivity contribution >= 4 is 27.2 Å². The van der Waals surface area contributed by atoms with E-state index in [-0.39, 0.29) is 27.4 Å². The number of carbonyl (C=O) groups is 1. The molecule has 0 aliphatic heterocycles. The number of benzene rings is 3. The van der Waals surface area contributed by atoms with Crippen LogP contribution >= 0.6 is 0 Å². The van der Waals surface area contributed by atoms with E-state index in [1.165, 1.54) is 37.4 Å². The lowest BCUT2D eigenvalue weighted by Crippen LogP contribution is -2.16. The molecule has 0 heterocycles. The summed E-state index contributed by atoms with van der Waals surface area (Å²) in [4.78, 5) is 23.3. The van der Waals surface area contributed by atoms with Crippen molar-refractivity contribution in [2.75, 3.05) is 11.8 Å². The van der Waals surface area contributed by atoms with Crippen LogP contribution in [0, 0.1) is 10.1 Å². The van der Waals surface area contributed by atoms with Gasteiger partial charge in [0, 0.05) is 17.7 Å². The summed E-state index contributed by atoms with van der Waals surface area (Å²) < 4.78 is 32.8. The zero-order chi connectivity index (χ0) is 21.0. The van der Waals surface area contributed by atoms with Crippen LogP contribution in [0.4, 0.5) is 11.4 Å². The normalized spacial score (nSPS) is 10.9. The number of hydrogen-bond donors (Lipinski definition) is 1. The predicted octanol–water partition coefficient (Wildman–Crippen LogP) is 3.64. The molecule has 0 saturated carbocycles. The molecule has 0 atom stereocenters. The fourth-order valence-electron chi connectivity index (χ4n) is 2.63. The summed E-state index contributed by atoms with van der Waals surface area (Å²) >= 11 is 0. The highest BCUT2D eigenvalue weighted by Crippen LogP contribution is 2.27. The number of nitro groups is 1. The van der Waals surface area contributed by atoms with Crippen molar-refractivity contribution in [1.82, 2.24) is 0 Å². The van der Waals surface area contributed by atoms with Gasteiger partial charge in [-0.2, -0.15) is 0 Å². The maximum atomic E-state index is 12.9. The quantitative estimate of drug-likeness (QED) is 0.360. The topological polar surface area (TPSA) is 116 Å². The molecule has 0 saturated heterocycles. The highest BCUT2D eigenvalue weighted by Gasteiger charge is 2.22. The Balaban J connectivity index is 2.04. The third kappa shape index (κ3) is 4.41. The third-order valence-corrected chi connectivity index (χ3v) is 5.49. The van der Waals surface area contributed by atoms with Gasteiger partial charge in [-0.15, -0.1) is 0 Å². The summed E-state index contributed by atoms with van der Waals surface area (Å²) in [6, 6.07) is 17.2. The molecule has 8 nitrogen and oxygen atoms in total. The van der Waals surface area contributed by atoms with Crippen molar-refractivity contribution in [3.8, 4) is 5.75 Å². The molecule has 0 unspecified atom stereocenters. The first-order valence-electron chi connectivity index (χ1n) is 8.37. The maximum Gasteiger partial charge on any atom is 0.270 e. The molecule has 0 aliphatic carbocycles. The zero-order valence-corrected chi connectivity index (χ0v) is 16.0. The van der Waals surface area contributed by atoms with Gasteiger partial charge in [-0.05, 0) is 30.3 Å². The van der Waals surface area contributed by atoms with E-state index in [2.05, 4.69) is 4.72 Å². The molecule has 9 heteroatoms. The van der Waals surface area contributed by atoms with Crippen molar-refractivity contribution < 1.29 is 22.9 Å². The molecule has 0 aromatic heterocycles. The number of carbonyl (C=O) groups excluding carboxylic acids is 1. The number of nitrogens with one attached hydrogen (secondary N) is 1. The van der Waals surface area contributed by atoms with Crippen LogP contribution in [-0.4, -0.2) is 26.2 Å². The average Bonchev–Trinajstić information content (AvgIpc) is 2.73. The number of ketones is 1. The van der Waals surface area contributed by atoms with E-state index in [1.807, 2.05) is 0 Å². The van der Waals surface area contributed by atoms with Crippen molar-refractivity contribution in [2.24, 2.45) is 0 Å². The standard InChI is InChI=1S/C20H16N2O6S/c1-28-16-8-10-17(11-9-16)29(26,27)21-19-12-7-15(22(24)25)13-18(19)20(23)14-5-3-2-4-6-14/h2-13,21H,1H3. The van der Waals surface area contributed by atoms with Gasteiger partial charge in [0.15, 0.2) is 5.78 Å². The molecule has 148 valence electrons. The van der Waals surface area contributed by atoms with Crippen molar-refractivity contribution in [3.05, 3.63) is 94.0 Å². The second-order valence-corrected chi connectivity index (χ2v) is 7.65. The number of methoxy groups -OCH3 is 1. The van der Waals surface area contributed by atoms with Gasteiger partial charge in [-0.1, -0.05) is 30.3 Å². The third-order valence-electron chi connectivity index (χ3n) is 4.11. The van der Waals surface area contributed by atoms with E-state index in [0.29, 0.717) is 5.75 Å². The summed E-state index contributed by atoms with van der Waals surface area (Å²) in [5, 5.41) is 11.1. The SMILES string of the molecule is COc1ccc(S(=O)(=O)Nc2ccc([N+](=O)[O-])cc2C(=O)c2ccccc2)cc1. The van der Waals surface area contributed by atoms with Gasteiger partial charge < -0.3 is 4.74 Å². The van der Waals surface area contributed by atoms with Crippen molar-refractivity contribution in [3.63, 3.8) is 0 Å². The van der Waals surface area contributed by atoms with E-state index < -0.39 is 20.7 Å². The second kappa shape index (κ2) is 8.11. The van der Waals surface area contributed by atoms with Gasteiger partial charge in [-0.25, -0.2) is 8.42 Å². The molecular weight excluding hydrogens is 396 g/mol. The molecular formula is C20H16N2O6S. The molecule has 0 amide bonds. The summed E-state index contributed by atoms with van der Waals surface area (Å²) in [6.45, 7) is 0. The van der Waals surface area contributed by atoms with E-state index in [9.17, 15) is 23.3 Å². The minimum Gasteiger partial charge on any atom is -0.497 e. The fourth-order valence-corrected chi connectivity index (χ4v) is 3.71. The minimum absolute atomic E-state index is 0.0465. The Morgan fingerprint density at radius 1 is 1.00 bits per heavy atom. The molecule has 3 aromatic carbocycles. The van der Waals surface area contributed by atoms with E-state index in [0.717, 1.165) is 12.1 Å². The summed E-state index contributed by atoms with van der Waals surface area (Å²) in [7, 11) is -2.58. The Morgan fingerprint density at radius 2 is 1.66 bits per heavy atom. The Kier molecular flexibility index (Phi) is 5.60. The van der Waals surface area contributed by atoms with Crippen LogP contribution in [0.2, 0.25) is 0 Å². The lowest BCUT2D eigenvalue weighted by Gasteiger charge is -2.12. The number of nitrogens with zero attached hydrogens (tertiary/aromatic N) is 1. The summed E-state index contributed by atoms with van der Waals surface area (Å²) in [5.74, 6) is -0.0547. The van der Waals surface area contributed by atoms with Gasteiger partial charge in [-0.3, -0.25) is 19.6 Å². The largest absolute Gasteiger partial charge is 0.497 e. The molecule has 3 rings (SSSR count). The zero-order valence-electron chi connectivity index (χ0n) is 15.2. The second-order valence-electron chi connectivity index (χ2n) is 5.96. The molecule has 29 heavy (non-hydrogen) atoms. The van der Waals surface area contributed by atoms with Crippen molar-refractivity contribution in [1.29, 1.82) is 0 Å². The van der Waals surface area contributed by atoms with E-state index in [4.69, 9.17) is 4.74 Å². The summed E-state index contributed by atoms with van der Waals surface area (Å²) in [6.07, 6.45) is 0. The lowest BCUT2D eigenvalue weighted by atomic mass is 10.0. The molecule has 0 spiro atoms. The Bertz CT molecular complexity index is 1160. The molecule has 0 aliphatic rings. The van der Waals surface area contributed by atoms with Crippen LogP contribution in [0.5, 0.6) is 5.75 Å². The molecule has 0 fully saturated rings. The Morgan fingerprint density at radius 3 is 2.24 bits per heavy atom. The fraction of sp³-hybridized carbons (Fsp3) is 0.0500.